The summed E-state index contributed by atoms with van der Waals surface area (Å²) in [7, 11) is 1.53. The second-order valence-corrected chi connectivity index (χ2v) is 3.83. The molecule has 0 aliphatic rings. The van der Waals surface area contributed by atoms with Crippen molar-refractivity contribution in [2.24, 2.45) is 0 Å². The van der Waals surface area contributed by atoms with Crippen molar-refractivity contribution >= 4 is 5.69 Å². The van der Waals surface area contributed by atoms with Gasteiger partial charge in [-0.2, -0.15) is 0 Å². The van der Waals surface area contributed by atoms with Gasteiger partial charge in [-0.05, 0) is 6.07 Å². The van der Waals surface area contributed by atoms with E-state index in [9.17, 15) is 8.78 Å². The predicted octanol–water partition coefficient (Wildman–Crippen LogP) is 2.42. The van der Waals surface area contributed by atoms with Crippen LogP contribution < -0.4 is 10.1 Å². The van der Waals surface area contributed by atoms with Crippen LogP contribution in [-0.4, -0.2) is 23.6 Å². The number of hydrogen-bond donors (Lipinski definition) is 1. The molecule has 6 heteroatoms. The van der Waals surface area contributed by atoms with E-state index in [1.807, 2.05) is 12.1 Å². The molecule has 0 aromatic carbocycles. The highest BCUT2D eigenvalue weighted by atomic mass is 19.1. The van der Waals surface area contributed by atoms with Gasteiger partial charge in [-0.15, -0.1) is 0 Å². The highest BCUT2D eigenvalue weighted by molar-refractivity contribution is 5.44. The maximum Gasteiger partial charge on any atom is 0.213 e. The third-order valence-electron chi connectivity index (χ3n) is 2.53. The van der Waals surface area contributed by atoms with E-state index in [2.05, 4.69) is 15.3 Å². The molecule has 0 spiro atoms. The summed E-state index contributed by atoms with van der Waals surface area (Å²) < 4.78 is 31.6. The van der Waals surface area contributed by atoms with E-state index in [4.69, 9.17) is 4.74 Å². The number of hydrogen-bond acceptors (Lipinski definition) is 4. The van der Waals surface area contributed by atoms with Crippen LogP contribution in [0.1, 0.15) is 5.69 Å². The van der Waals surface area contributed by atoms with Crippen molar-refractivity contribution in [3.8, 4) is 5.88 Å². The predicted molar refractivity (Wildman–Crippen MR) is 67.1 cm³/mol. The Balaban J connectivity index is 1.96. The average Bonchev–Trinajstić information content (AvgIpc) is 2.42. The molecule has 4 nitrogen and oxygen atoms in total. The topological polar surface area (TPSA) is 47.0 Å². The van der Waals surface area contributed by atoms with Gasteiger partial charge in [0.1, 0.15) is 5.69 Å². The van der Waals surface area contributed by atoms with Crippen LogP contribution in [0.5, 0.6) is 5.88 Å². The second-order valence-electron chi connectivity index (χ2n) is 3.83. The van der Waals surface area contributed by atoms with Crippen LogP contribution in [0.2, 0.25) is 0 Å². The van der Waals surface area contributed by atoms with Crippen molar-refractivity contribution in [3.63, 3.8) is 0 Å². The van der Waals surface area contributed by atoms with Gasteiger partial charge in [0, 0.05) is 24.7 Å². The monoisotopic (exact) mass is 265 g/mol. The minimum absolute atomic E-state index is 0.169. The summed E-state index contributed by atoms with van der Waals surface area (Å²) in [5.41, 5.74) is 0.611. The normalized spacial score (nSPS) is 10.3. The maximum atomic E-state index is 13.3. The zero-order chi connectivity index (χ0) is 13.7. The molecule has 0 amide bonds. The van der Waals surface area contributed by atoms with Crippen LogP contribution in [0.25, 0.3) is 0 Å². The lowest BCUT2D eigenvalue weighted by molar-refractivity contribution is 0.396. The van der Waals surface area contributed by atoms with Crippen LogP contribution in [0.3, 0.4) is 0 Å². The van der Waals surface area contributed by atoms with Crippen molar-refractivity contribution < 1.29 is 13.5 Å². The number of anilines is 1. The number of nitrogens with zero attached hydrogens (tertiary/aromatic N) is 2. The molecule has 0 aliphatic heterocycles. The molecule has 0 atom stereocenters. The Morgan fingerprint density at radius 3 is 2.63 bits per heavy atom. The summed E-state index contributed by atoms with van der Waals surface area (Å²) in [6, 6.07) is 5.37. The highest BCUT2D eigenvalue weighted by Gasteiger charge is 2.08. The van der Waals surface area contributed by atoms with Gasteiger partial charge < -0.3 is 10.1 Å². The Morgan fingerprint density at radius 2 is 1.95 bits per heavy atom. The zero-order valence-electron chi connectivity index (χ0n) is 10.4. The average molecular weight is 265 g/mol. The molecule has 2 rings (SSSR count). The third kappa shape index (κ3) is 3.37. The van der Waals surface area contributed by atoms with Gasteiger partial charge in [0.15, 0.2) is 11.6 Å². The maximum absolute atomic E-state index is 13.3. The van der Waals surface area contributed by atoms with Gasteiger partial charge in [0.2, 0.25) is 5.88 Å². The summed E-state index contributed by atoms with van der Waals surface area (Å²) in [6.07, 6.45) is 2.46. The largest absolute Gasteiger partial charge is 0.481 e. The molecule has 0 unspecified atom stereocenters. The number of halogens is 2. The van der Waals surface area contributed by atoms with E-state index in [1.54, 1.807) is 6.07 Å². The first-order valence-electron chi connectivity index (χ1n) is 5.73. The quantitative estimate of drug-likeness (QED) is 0.902. The van der Waals surface area contributed by atoms with E-state index in [0.29, 0.717) is 18.8 Å². The third-order valence-corrected chi connectivity index (χ3v) is 2.53. The molecule has 0 saturated carbocycles. The minimum Gasteiger partial charge on any atom is -0.481 e. The van der Waals surface area contributed by atoms with Crippen molar-refractivity contribution in [3.05, 3.63) is 47.9 Å². The molecule has 0 fully saturated rings. The molecule has 2 aromatic heterocycles. The van der Waals surface area contributed by atoms with Gasteiger partial charge in [-0.1, -0.05) is 6.07 Å². The fourth-order valence-corrected chi connectivity index (χ4v) is 1.61. The van der Waals surface area contributed by atoms with E-state index in [-0.39, 0.29) is 5.69 Å². The molecule has 2 heterocycles. The van der Waals surface area contributed by atoms with E-state index < -0.39 is 11.6 Å². The van der Waals surface area contributed by atoms with Crippen LogP contribution in [-0.2, 0) is 6.42 Å². The fraction of sp³-hybridized carbons (Fsp3) is 0.231. The first-order chi connectivity index (χ1) is 9.20. The molecule has 0 aliphatic carbocycles. The standard InChI is InChI=1S/C13H13F2N3O/c1-19-12-4-2-3-9(18-12)5-6-17-13-10(14)7-16-8-11(13)15/h2-4,7-8H,5-6H2,1H3,(H,16,17). The molecule has 0 saturated heterocycles. The van der Waals surface area contributed by atoms with Crippen LogP contribution in [0.15, 0.2) is 30.6 Å². The SMILES string of the molecule is COc1cccc(CCNc2c(F)cncc2F)n1. The number of aromatic nitrogens is 2. The van der Waals surface area contributed by atoms with Crippen molar-refractivity contribution in [1.29, 1.82) is 0 Å². The van der Waals surface area contributed by atoms with Crippen molar-refractivity contribution in [1.82, 2.24) is 9.97 Å². The minimum atomic E-state index is -0.710. The van der Waals surface area contributed by atoms with Gasteiger partial charge in [0.25, 0.3) is 0 Å². The van der Waals surface area contributed by atoms with Gasteiger partial charge in [-0.3, -0.25) is 4.98 Å². The molecule has 2 aromatic rings. The lowest BCUT2D eigenvalue weighted by Gasteiger charge is -2.08. The van der Waals surface area contributed by atoms with Crippen molar-refractivity contribution in [2.45, 2.75) is 6.42 Å². The highest BCUT2D eigenvalue weighted by Crippen LogP contribution is 2.16. The van der Waals surface area contributed by atoms with Crippen LogP contribution >= 0.6 is 0 Å². The molecule has 100 valence electrons. The molecule has 1 N–H and O–H groups in total. The van der Waals surface area contributed by atoms with Gasteiger partial charge in [0.05, 0.1) is 19.5 Å². The Morgan fingerprint density at radius 1 is 1.21 bits per heavy atom. The Kier molecular flexibility index (Phi) is 4.22. The van der Waals surface area contributed by atoms with E-state index >= 15 is 0 Å². The summed E-state index contributed by atoms with van der Waals surface area (Å²) in [6.45, 7) is 0.359. The van der Waals surface area contributed by atoms with Crippen LogP contribution in [0.4, 0.5) is 14.5 Å². The number of ether oxygens (including phenoxy) is 1. The Labute approximate surface area is 109 Å². The zero-order valence-corrected chi connectivity index (χ0v) is 10.4. The smallest absolute Gasteiger partial charge is 0.213 e. The molecule has 0 bridgehead atoms. The molecular weight excluding hydrogens is 252 g/mol. The Hall–Kier alpha value is -2.24. The lowest BCUT2D eigenvalue weighted by atomic mass is 10.2. The van der Waals surface area contributed by atoms with Crippen molar-refractivity contribution in [2.75, 3.05) is 19.0 Å². The van der Waals surface area contributed by atoms with Gasteiger partial charge >= 0.3 is 0 Å². The lowest BCUT2D eigenvalue weighted by Crippen LogP contribution is -2.09. The summed E-state index contributed by atoms with van der Waals surface area (Å²) >= 11 is 0. The molecule has 0 radical (unpaired) electrons. The first-order valence-corrected chi connectivity index (χ1v) is 5.73. The van der Waals surface area contributed by atoms with Crippen LogP contribution in [0, 0.1) is 11.6 Å². The number of methoxy groups -OCH3 is 1. The van der Waals surface area contributed by atoms with E-state index in [1.165, 1.54) is 7.11 Å². The summed E-state index contributed by atoms with van der Waals surface area (Å²) in [4.78, 5) is 7.62. The number of rotatable bonds is 5. The second kappa shape index (κ2) is 6.08. The Bertz CT molecular complexity index is 543. The molecular formula is C13H13F2N3O. The first kappa shape index (κ1) is 13.2. The number of nitrogens with one attached hydrogen (secondary N) is 1. The summed E-state index contributed by atoms with van der Waals surface area (Å²) in [5.74, 6) is -0.907. The van der Waals surface area contributed by atoms with Gasteiger partial charge in [-0.25, -0.2) is 13.8 Å². The van der Waals surface area contributed by atoms with E-state index in [0.717, 1.165) is 18.1 Å². The fourth-order valence-electron chi connectivity index (χ4n) is 1.61. The summed E-state index contributed by atoms with van der Waals surface area (Å²) in [5, 5.41) is 2.70. The molecule has 19 heavy (non-hydrogen) atoms. The number of pyridine rings is 2.